The second-order valence-electron chi connectivity index (χ2n) is 9.34. The molecule has 4 aromatic carbocycles. The lowest BCUT2D eigenvalue weighted by Crippen LogP contribution is -2.47. The first-order valence-electron chi connectivity index (χ1n) is 12.6. The zero-order valence-electron chi connectivity index (χ0n) is 22.1. The van der Waals surface area contributed by atoms with Gasteiger partial charge in [-0.1, -0.05) is 91.0 Å². The fraction of sp³-hybridized carbons (Fsp3) is 0.194. The van der Waals surface area contributed by atoms with E-state index in [1.54, 1.807) is 0 Å². The highest BCUT2D eigenvalue weighted by Gasteiger charge is 2.39. The summed E-state index contributed by atoms with van der Waals surface area (Å²) >= 11 is 1.34. The third-order valence-corrected chi connectivity index (χ3v) is 9.15. The molecule has 4 aromatic rings. The van der Waals surface area contributed by atoms with Gasteiger partial charge in [0.15, 0.2) is 9.84 Å². The van der Waals surface area contributed by atoms with Gasteiger partial charge in [-0.05, 0) is 41.0 Å². The Labute approximate surface area is 242 Å². The number of alkyl halides is 2. The van der Waals surface area contributed by atoms with Crippen molar-refractivity contribution in [1.29, 1.82) is 0 Å². The SMILES string of the molecule is CS(=O)(=O)c1ccc(OC(F)(F)CNC(CSC(c2ccccc2)(c2ccccc2)c2ccccc2)C(=O)O)cc1. The number of nitrogens with one attached hydrogen (secondary N) is 1. The Morgan fingerprint density at radius 1 is 0.829 bits per heavy atom. The number of hydrogen-bond acceptors (Lipinski definition) is 6. The number of aliphatic carboxylic acids is 1. The zero-order valence-corrected chi connectivity index (χ0v) is 23.7. The van der Waals surface area contributed by atoms with Crippen LogP contribution in [0, 0.1) is 0 Å². The number of carboxylic acids is 1. The number of ether oxygens (including phenoxy) is 1. The van der Waals surface area contributed by atoms with Crippen LogP contribution in [0.5, 0.6) is 5.75 Å². The van der Waals surface area contributed by atoms with Gasteiger partial charge in [0.05, 0.1) is 9.64 Å². The standard InChI is InChI=1S/C31H29F2NO5S2/c1-41(37,38)27-19-17-26(18-20-27)39-30(32,33)22-34-28(29(35)36)21-40-31(23-11-5-2-6-12-23,24-13-7-3-8-14-24)25-15-9-4-10-16-25/h2-20,28,34H,21-22H2,1H3,(H,35,36). The molecule has 0 radical (unpaired) electrons. The quantitative estimate of drug-likeness (QED) is 0.187. The predicted octanol–water partition coefficient (Wildman–Crippen LogP) is 5.83. The van der Waals surface area contributed by atoms with Crippen LogP contribution in [0.3, 0.4) is 0 Å². The van der Waals surface area contributed by atoms with Gasteiger partial charge in [0.25, 0.3) is 0 Å². The summed E-state index contributed by atoms with van der Waals surface area (Å²) in [5.74, 6) is -1.58. The molecule has 0 amide bonds. The molecule has 0 spiro atoms. The van der Waals surface area contributed by atoms with Crippen LogP contribution in [0.1, 0.15) is 16.7 Å². The van der Waals surface area contributed by atoms with Gasteiger partial charge in [-0.25, -0.2) is 8.42 Å². The number of rotatable bonds is 13. The number of halogens is 2. The van der Waals surface area contributed by atoms with E-state index in [0.29, 0.717) is 0 Å². The third kappa shape index (κ3) is 7.52. The fourth-order valence-corrected chi connectivity index (χ4v) is 6.62. The summed E-state index contributed by atoms with van der Waals surface area (Å²) in [6.07, 6.45) is -2.76. The first-order valence-corrected chi connectivity index (χ1v) is 15.5. The Morgan fingerprint density at radius 2 is 1.27 bits per heavy atom. The molecule has 214 valence electrons. The molecule has 0 heterocycles. The highest BCUT2D eigenvalue weighted by atomic mass is 32.2. The Kier molecular flexibility index (Phi) is 9.47. The van der Waals surface area contributed by atoms with Gasteiger partial charge >= 0.3 is 12.1 Å². The summed E-state index contributed by atoms with van der Waals surface area (Å²) in [6.45, 7) is -1.08. The highest BCUT2D eigenvalue weighted by molar-refractivity contribution is 8.00. The Morgan fingerprint density at radius 3 is 1.66 bits per heavy atom. The summed E-state index contributed by atoms with van der Waals surface area (Å²) in [6, 6.07) is 32.2. The second kappa shape index (κ2) is 12.8. The van der Waals surface area contributed by atoms with Gasteiger partial charge in [0.1, 0.15) is 18.3 Å². The molecular formula is C31H29F2NO5S2. The largest absolute Gasteiger partial charge is 0.480 e. The Hall–Kier alpha value is -3.73. The first kappa shape index (κ1) is 30.2. The molecule has 0 aliphatic rings. The average molecular weight is 598 g/mol. The van der Waals surface area contributed by atoms with Crippen LogP contribution in [0.15, 0.2) is 120 Å². The minimum Gasteiger partial charge on any atom is -0.480 e. The zero-order chi connectivity index (χ0) is 29.5. The normalized spacial score (nSPS) is 13.0. The van der Waals surface area contributed by atoms with Gasteiger partial charge in [-0.2, -0.15) is 8.78 Å². The molecule has 6 nitrogen and oxygen atoms in total. The van der Waals surface area contributed by atoms with Crippen LogP contribution in [0.4, 0.5) is 8.78 Å². The number of carbonyl (C=O) groups is 1. The van der Waals surface area contributed by atoms with Crippen molar-refractivity contribution in [2.45, 2.75) is 21.8 Å². The maximum Gasteiger partial charge on any atom is 0.410 e. The molecule has 0 aliphatic carbocycles. The average Bonchev–Trinajstić information content (AvgIpc) is 2.96. The maximum absolute atomic E-state index is 14.7. The lowest BCUT2D eigenvalue weighted by Gasteiger charge is -2.36. The van der Waals surface area contributed by atoms with E-state index in [0.717, 1.165) is 35.1 Å². The van der Waals surface area contributed by atoms with Crippen molar-refractivity contribution in [3.8, 4) is 5.75 Å². The van der Waals surface area contributed by atoms with Crippen LogP contribution in [-0.2, 0) is 19.4 Å². The summed E-state index contributed by atoms with van der Waals surface area (Å²) in [5.41, 5.74) is 2.74. The summed E-state index contributed by atoms with van der Waals surface area (Å²) < 4.78 is 56.6. The maximum atomic E-state index is 14.7. The fourth-order valence-electron chi connectivity index (χ4n) is 4.40. The molecule has 0 fully saturated rings. The van der Waals surface area contributed by atoms with E-state index in [2.05, 4.69) is 5.32 Å². The lowest BCUT2D eigenvalue weighted by atomic mass is 9.84. The molecule has 0 saturated heterocycles. The van der Waals surface area contributed by atoms with Crippen molar-refractivity contribution < 1.29 is 31.8 Å². The number of benzene rings is 4. The van der Waals surface area contributed by atoms with Crippen molar-refractivity contribution in [2.24, 2.45) is 0 Å². The molecule has 10 heteroatoms. The van der Waals surface area contributed by atoms with Crippen LogP contribution in [0.2, 0.25) is 0 Å². The summed E-state index contributed by atoms with van der Waals surface area (Å²) in [4.78, 5) is 12.2. The van der Waals surface area contributed by atoms with Crippen molar-refractivity contribution in [3.63, 3.8) is 0 Å². The predicted molar refractivity (Wildman–Crippen MR) is 156 cm³/mol. The van der Waals surface area contributed by atoms with Gasteiger partial charge < -0.3 is 9.84 Å². The monoisotopic (exact) mass is 597 g/mol. The third-order valence-electron chi connectivity index (χ3n) is 6.38. The first-order chi connectivity index (χ1) is 19.5. The smallest absolute Gasteiger partial charge is 0.410 e. The van der Waals surface area contributed by atoms with E-state index in [4.69, 9.17) is 4.74 Å². The number of sulfone groups is 1. The molecule has 41 heavy (non-hydrogen) atoms. The van der Waals surface area contributed by atoms with Crippen LogP contribution < -0.4 is 10.1 Å². The topological polar surface area (TPSA) is 92.7 Å². The van der Waals surface area contributed by atoms with E-state index in [9.17, 15) is 27.1 Å². The second-order valence-corrected chi connectivity index (χ2v) is 12.6. The van der Waals surface area contributed by atoms with Gasteiger partial charge in [0, 0.05) is 12.0 Å². The minimum atomic E-state index is -3.76. The molecule has 0 saturated carbocycles. The summed E-state index contributed by atoms with van der Waals surface area (Å²) in [7, 11) is -3.50. The highest BCUT2D eigenvalue weighted by Crippen LogP contribution is 2.48. The van der Waals surface area contributed by atoms with Crippen molar-refractivity contribution in [2.75, 3.05) is 18.6 Å². The van der Waals surface area contributed by atoms with E-state index in [1.165, 1.54) is 23.9 Å². The molecule has 4 rings (SSSR count). The lowest BCUT2D eigenvalue weighted by molar-refractivity contribution is -0.173. The molecular weight excluding hydrogens is 568 g/mol. The number of hydrogen-bond donors (Lipinski definition) is 2. The van der Waals surface area contributed by atoms with Crippen molar-refractivity contribution in [3.05, 3.63) is 132 Å². The Bertz CT molecular complexity index is 1440. The van der Waals surface area contributed by atoms with E-state index in [-0.39, 0.29) is 16.4 Å². The van der Waals surface area contributed by atoms with Crippen LogP contribution in [0.25, 0.3) is 0 Å². The molecule has 1 unspecified atom stereocenters. The number of thioether (sulfide) groups is 1. The van der Waals surface area contributed by atoms with Gasteiger partial charge in [0.2, 0.25) is 0 Å². The van der Waals surface area contributed by atoms with Gasteiger partial charge in [-0.15, -0.1) is 11.8 Å². The van der Waals surface area contributed by atoms with E-state index < -0.39 is 39.2 Å². The van der Waals surface area contributed by atoms with Crippen LogP contribution in [-0.4, -0.2) is 50.2 Å². The molecule has 1 atom stereocenters. The van der Waals surface area contributed by atoms with Crippen LogP contribution >= 0.6 is 11.8 Å². The Balaban J connectivity index is 1.57. The molecule has 0 aromatic heterocycles. The van der Waals surface area contributed by atoms with Gasteiger partial charge in [-0.3, -0.25) is 10.1 Å². The molecule has 0 aliphatic heterocycles. The minimum absolute atomic E-state index is 0.0343. The van der Waals surface area contributed by atoms with Crippen molar-refractivity contribution in [1.82, 2.24) is 5.32 Å². The van der Waals surface area contributed by atoms with E-state index >= 15 is 0 Å². The molecule has 0 bridgehead atoms. The summed E-state index contributed by atoms with van der Waals surface area (Å²) in [5, 5.41) is 12.4. The molecule has 2 N–H and O–H groups in total. The van der Waals surface area contributed by atoms with Crippen molar-refractivity contribution >= 4 is 27.6 Å². The van der Waals surface area contributed by atoms with E-state index in [1.807, 2.05) is 91.0 Å². The number of carboxylic acid groups (broad SMARTS) is 1.